The van der Waals surface area contributed by atoms with Crippen molar-refractivity contribution in [3.05, 3.63) is 42.0 Å². The van der Waals surface area contributed by atoms with Gasteiger partial charge in [0.05, 0.1) is 27.6 Å². The topological polar surface area (TPSA) is 86.5 Å². The molecule has 0 bridgehead atoms. The lowest BCUT2D eigenvalue weighted by molar-refractivity contribution is -0.119. The number of hydrogen-bond acceptors (Lipinski definition) is 3. The summed E-state index contributed by atoms with van der Waals surface area (Å²) in [5.74, 6) is -4.31. The quantitative estimate of drug-likeness (QED) is 0.237. The lowest BCUT2D eigenvalue weighted by atomic mass is 10.1. The van der Waals surface area contributed by atoms with E-state index < -0.39 is 24.2 Å². The number of carbonyl (C=O) groups excluding carboxylic acids is 1. The van der Waals surface area contributed by atoms with Gasteiger partial charge in [-0.15, -0.1) is 0 Å². The highest BCUT2D eigenvalue weighted by molar-refractivity contribution is 14.1. The van der Waals surface area contributed by atoms with E-state index in [0.717, 1.165) is 17.5 Å². The molecule has 4 aromatic rings. The number of nitrogens with zero attached hydrogens (tertiary/aromatic N) is 2. The number of carbonyl (C=O) groups is 1. The first-order valence-electron chi connectivity index (χ1n) is 9.67. The Morgan fingerprint density at radius 3 is 2.87 bits per heavy atom. The SMILES string of the molecule is CCC(I)c1ccc2nc(-c3n[nH]c4cccc(NC(=O)C5CC5(F)F)c34)[nH]c2c1. The Kier molecular flexibility index (Phi) is 4.53. The number of benzene rings is 2. The molecular weight excluding hydrogens is 503 g/mol. The normalized spacial score (nSPS) is 18.6. The average Bonchev–Trinajstić information content (AvgIpc) is 3.09. The maximum Gasteiger partial charge on any atom is 0.260 e. The Hall–Kier alpha value is -2.56. The van der Waals surface area contributed by atoms with Crippen LogP contribution in [-0.2, 0) is 4.79 Å². The van der Waals surface area contributed by atoms with Crippen molar-refractivity contribution in [2.75, 3.05) is 5.32 Å². The summed E-state index contributed by atoms with van der Waals surface area (Å²) in [6.45, 7) is 2.14. The summed E-state index contributed by atoms with van der Waals surface area (Å²) in [5, 5.41) is 10.6. The zero-order chi connectivity index (χ0) is 21.0. The molecule has 6 nitrogen and oxygen atoms in total. The number of aromatic amines is 2. The molecule has 9 heteroatoms. The molecule has 1 fully saturated rings. The van der Waals surface area contributed by atoms with Crippen LogP contribution in [-0.4, -0.2) is 32.0 Å². The predicted octanol–water partition coefficient (Wildman–Crippen LogP) is 5.59. The molecule has 1 saturated carbocycles. The van der Waals surface area contributed by atoms with Crippen molar-refractivity contribution in [3.63, 3.8) is 0 Å². The maximum atomic E-state index is 13.3. The van der Waals surface area contributed by atoms with Gasteiger partial charge >= 0.3 is 0 Å². The summed E-state index contributed by atoms with van der Waals surface area (Å²) >= 11 is 2.42. The van der Waals surface area contributed by atoms with Crippen molar-refractivity contribution in [3.8, 4) is 11.5 Å². The Balaban J connectivity index is 1.55. The van der Waals surface area contributed by atoms with Gasteiger partial charge < -0.3 is 10.3 Å². The fourth-order valence-electron chi connectivity index (χ4n) is 3.64. The third-order valence-corrected chi connectivity index (χ3v) is 7.04. The largest absolute Gasteiger partial charge is 0.337 e. The van der Waals surface area contributed by atoms with Crippen molar-refractivity contribution >= 4 is 56.1 Å². The highest BCUT2D eigenvalue weighted by Gasteiger charge is 2.61. The van der Waals surface area contributed by atoms with Crippen molar-refractivity contribution < 1.29 is 13.6 Å². The fraction of sp³-hybridized carbons (Fsp3) is 0.286. The van der Waals surface area contributed by atoms with E-state index in [4.69, 9.17) is 0 Å². The summed E-state index contributed by atoms with van der Waals surface area (Å²) in [4.78, 5) is 20.2. The first-order chi connectivity index (χ1) is 14.4. The lowest BCUT2D eigenvalue weighted by Crippen LogP contribution is -2.17. The zero-order valence-corrected chi connectivity index (χ0v) is 18.1. The Labute approximate surface area is 184 Å². The zero-order valence-electron chi connectivity index (χ0n) is 16.0. The van der Waals surface area contributed by atoms with Crippen LogP contribution in [0.1, 0.15) is 29.3 Å². The van der Waals surface area contributed by atoms with Gasteiger partial charge in [0.25, 0.3) is 5.92 Å². The first-order valence-corrected chi connectivity index (χ1v) is 10.9. The molecule has 2 aromatic carbocycles. The summed E-state index contributed by atoms with van der Waals surface area (Å²) in [7, 11) is 0. The second-order valence-corrected chi connectivity index (χ2v) is 9.05. The highest BCUT2D eigenvalue weighted by atomic mass is 127. The fourth-order valence-corrected chi connectivity index (χ4v) is 4.02. The van der Waals surface area contributed by atoms with Gasteiger partial charge in [-0.1, -0.05) is 41.6 Å². The van der Waals surface area contributed by atoms with Gasteiger partial charge in [-0.25, -0.2) is 13.8 Å². The Morgan fingerprint density at radius 2 is 2.13 bits per heavy atom. The maximum absolute atomic E-state index is 13.3. The molecule has 0 aliphatic heterocycles. The van der Waals surface area contributed by atoms with Gasteiger partial charge in [0.1, 0.15) is 11.6 Å². The third-order valence-electron chi connectivity index (χ3n) is 5.44. The van der Waals surface area contributed by atoms with E-state index in [1.54, 1.807) is 12.1 Å². The average molecular weight is 521 g/mol. The predicted molar refractivity (Wildman–Crippen MR) is 120 cm³/mol. The minimum absolute atomic E-state index is 0.408. The summed E-state index contributed by atoms with van der Waals surface area (Å²) in [6.07, 6.45) is 0.620. The van der Waals surface area contributed by atoms with Crippen molar-refractivity contribution in [2.24, 2.45) is 5.92 Å². The van der Waals surface area contributed by atoms with Crippen LogP contribution in [0.3, 0.4) is 0 Å². The number of nitrogens with one attached hydrogen (secondary N) is 3. The van der Waals surface area contributed by atoms with E-state index >= 15 is 0 Å². The third kappa shape index (κ3) is 3.24. The van der Waals surface area contributed by atoms with E-state index in [-0.39, 0.29) is 0 Å². The molecule has 0 radical (unpaired) electrons. The number of rotatable bonds is 5. The van der Waals surface area contributed by atoms with Gasteiger partial charge in [0.2, 0.25) is 5.91 Å². The molecule has 2 heterocycles. The smallest absolute Gasteiger partial charge is 0.260 e. The van der Waals surface area contributed by atoms with Crippen LogP contribution in [0.2, 0.25) is 0 Å². The van der Waals surface area contributed by atoms with E-state index in [2.05, 4.69) is 67.1 Å². The number of halogens is 3. The molecule has 154 valence electrons. The van der Waals surface area contributed by atoms with Gasteiger partial charge in [0, 0.05) is 10.3 Å². The summed E-state index contributed by atoms with van der Waals surface area (Å²) in [6, 6.07) is 11.4. The van der Waals surface area contributed by atoms with Crippen LogP contribution in [0.15, 0.2) is 36.4 Å². The number of anilines is 1. The second kappa shape index (κ2) is 7.00. The number of H-pyrrole nitrogens is 2. The molecule has 2 atom stereocenters. The Bertz CT molecular complexity index is 1280. The Morgan fingerprint density at radius 1 is 1.33 bits per heavy atom. The van der Waals surface area contributed by atoms with Crippen molar-refractivity contribution in [1.29, 1.82) is 0 Å². The number of hydrogen-bond donors (Lipinski definition) is 3. The molecular formula is C21H18F2IN5O. The van der Waals surface area contributed by atoms with Crippen LogP contribution in [0.5, 0.6) is 0 Å². The van der Waals surface area contributed by atoms with Crippen LogP contribution in [0, 0.1) is 5.92 Å². The standard InChI is InChI=1S/C21H18F2IN5O/c1-2-12(24)10-6-7-13-16(8-10)26-19(25-13)18-17-14(4-3-5-15(17)28-29-18)27-20(30)11-9-21(11,22)23/h3-8,11-12H,2,9H2,1H3,(H,25,26)(H,27,30)(H,28,29). The molecule has 2 aromatic heterocycles. The minimum atomic E-state index is -2.91. The van der Waals surface area contributed by atoms with Crippen molar-refractivity contribution in [1.82, 2.24) is 20.2 Å². The van der Waals surface area contributed by atoms with E-state index in [9.17, 15) is 13.6 Å². The van der Waals surface area contributed by atoms with Crippen LogP contribution < -0.4 is 5.32 Å². The van der Waals surface area contributed by atoms with Gasteiger partial charge in [-0.2, -0.15) is 5.10 Å². The molecule has 0 spiro atoms. The first kappa shape index (κ1) is 19.4. The number of alkyl halides is 3. The molecule has 1 aliphatic carbocycles. The van der Waals surface area contributed by atoms with E-state index in [1.807, 2.05) is 12.1 Å². The van der Waals surface area contributed by atoms with E-state index in [1.165, 1.54) is 5.56 Å². The summed E-state index contributed by atoms with van der Waals surface area (Å²) < 4.78 is 27.0. The van der Waals surface area contributed by atoms with Gasteiger partial charge in [-0.3, -0.25) is 9.89 Å². The molecule has 5 rings (SSSR count). The minimum Gasteiger partial charge on any atom is -0.337 e. The number of fused-ring (bicyclic) bond motifs is 2. The van der Waals surface area contributed by atoms with Crippen molar-refractivity contribution in [2.45, 2.75) is 29.6 Å². The highest BCUT2D eigenvalue weighted by Crippen LogP contribution is 2.49. The van der Waals surface area contributed by atoms with Crippen LogP contribution in [0.4, 0.5) is 14.5 Å². The van der Waals surface area contributed by atoms with Crippen LogP contribution in [0.25, 0.3) is 33.5 Å². The molecule has 2 unspecified atom stereocenters. The molecule has 1 amide bonds. The summed E-state index contributed by atoms with van der Waals surface area (Å²) in [5.41, 5.74) is 4.57. The lowest BCUT2D eigenvalue weighted by Gasteiger charge is -2.07. The second-order valence-electron chi connectivity index (χ2n) is 7.55. The van der Waals surface area contributed by atoms with Gasteiger partial charge in [0.15, 0.2) is 5.82 Å². The van der Waals surface area contributed by atoms with E-state index in [0.29, 0.717) is 32.0 Å². The van der Waals surface area contributed by atoms with Gasteiger partial charge in [-0.05, 0) is 36.2 Å². The molecule has 0 saturated heterocycles. The molecule has 3 N–H and O–H groups in total. The number of amides is 1. The monoisotopic (exact) mass is 521 g/mol. The molecule has 30 heavy (non-hydrogen) atoms. The number of imidazole rings is 1. The van der Waals surface area contributed by atoms with Crippen LogP contribution >= 0.6 is 22.6 Å². The number of aromatic nitrogens is 4. The molecule has 1 aliphatic rings.